The van der Waals surface area contributed by atoms with E-state index >= 15 is 0 Å². The van der Waals surface area contributed by atoms with Crippen molar-refractivity contribution < 1.29 is 14.4 Å². The van der Waals surface area contributed by atoms with E-state index < -0.39 is 6.04 Å². The fraction of sp³-hybridized carbons (Fsp3) is 0.432. The molecule has 1 aromatic carbocycles. The molecule has 4 amide bonds. The first kappa shape index (κ1) is 38.3. The molecule has 0 spiro atoms. The van der Waals surface area contributed by atoms with Gasteiger partial charge < -0.3 is 15.5 Å². The van der Waals surface area contributed by atoms with Crippen LogP contribution in [0.4, 0.5) is 22.2 Å². The number of aliphatic imine (C=N–C) groups is 2. The molecule has 0 fully saturated rings. The molecule has 0 saturated carbocycles. The standard InChI is InChI=1S/C31H37N9O3.C4H8.C2H6/c1-6-8-25-29(42)38(4)26-15-21(10-12-24(26)20(3)35-25)28(41)32-13-7-14-40-18-22-16-34-30(37-27(22)39(5)31(40)43)36-23-11-9-19(2)33-17-23;1-3-4-2;1-2/h7,10,12,14-17,25H,6,8-9,11,13,18H2,1-5H3,(H,32,41)(H,34,36,37);3-4H,1-2H3;1-2H3/b14-7+;4-3+;/t25-;;/m0../s1. The number of hydrogen-bond acceptors (Lipinski definition) is 8. The summed E-state index contributed by atoms with van der Waals surface area (Å²) < 4.78 is 0. The zero-order valence-electron chi connectivity index (χ0n) is 30.4. The van der Waals surface area contributed by atoms with Crippen LogP contribution in [-0.4, -0.2) is 70.8 Å². The first-order valence-corrected chi connectivity index (χ1v) is 17.0. The van der Waals surface area contributed by atoms with Gasteiger partial charge in [-0.3, -0.25) is 29.4 Å². The maximum Gasteiger partial charge on any atom is 0.329 e. The van der Waals surface area contributed by atoms with Crippen molar-refractivity contribution in [3.63, 3.8) is 0 Å². The number of nitrogens with one attached hydrogen (secondary N) is 2. The van der Waals surface area contributed by atoms with E-state index in [1.54, 1.807) is 60.7 Å². The summed E-state index contributed by atoms with van der Waals surface area (Å²) in [6, 6.07) is 4.63. The molecule has 2 N–H and O–H groups in total. The fourth-order valence-electron chi connectivity index (χ4n) is 5.23. The molecule has 0 bridgehead atoms. The molecule has 12 heteroatoms. The summed E-state index contributed by atoms with van der Waals surface area (Å²) in [5.74, 6) is 0.599. The molecule has 49 heavy (non-hydrogen) atoms. The Balaban J connectivity index is 0.00000101. The van der Waals surface area contributed by atoms with Gasteiger partial charge in [-0.25, -0.2) is 9.78 Å². The van der Waals surface area contributed by atoms with Gasteiger partial charge in [0.2, 0.25) is 5.95 Å². The third-order valence-corrected chi connectivity index (χ3v) is 8.04. The van der Waals surface area contributed by atoms with Crippen LogP contribution in [0.15, 0.2) is 70.7 Å². The predicted octanol–water partition coefficient (Wildman–Crippen LogP) is 6.86. The Bertz CT molecular complexity index is 1650. The van der Waals surface area contributed by atoms with Crippen molar-refractivity contribution in [3.05, 3.63) is 77.4 Å². The van der Waals surface area contributed by atoms with Crippen molar-refractivity contribution in [2.75, 3.05) is 35.8 Å². The minimum atomic E-state index is -0.419. The molecule has 0 radical (unpaired) electrons. The van der Waals surface area contributed by atoms with E-state index in [-0.39, 0.29) is 24.4 Å². The number of hydrogen-bond donors (Lipinski definition) is 2. The number of fused-ring (bicyclic) bond motifs is 2. The van der Waals surface area contributed by atoms with Crippen LogP contribution in [0, 0.1) is 0 Å². The highest BCUT2D eigenvalue weighted by atomic mass is 16.2. The monoisotopic (exact) mass is 669 g/mol. The topological polar surface area (TPSA) is 135 Å². The first-order valence-electron chi connectivity index (χ1n) is 17.0. The van der Waals surface area contributed by atoms with Gasteiger partial charge in [0.1, 0.15) is 11.9 Å². The Morgan fingerprint density at radius 2 is 1.80 bits per heavy atom. The van der Waals surface area contributed by atoms with E-state index in [0.717, 1.165) is 47.5 Å². The molecule has 3 aliphatic rings. The minimum Gasteiger partial charge on any atom is -0.349 e. The van der Waals surface area contributed by atoms with Crippen LogP contribution in [0.2, 0.25) is 0 Å². The molecule has 0 unspecified atom stereocenters. The fourth-order valence-corrected chi connectivity index (χ4v) is 5.23. The lowest BCUT2D eigenvalue weighted by Gasteiger charge is -2.32. The van der Waals surface area contributed by atoms with Crippen LogP contribution in [-0.2, 0) is 11.3 Å². The number of carbonyl (C=O) groups is 3. The van der Waals surface area contributed by atoms with Crippen LogP contribution in [0.3, 0.4) is 0 Å². The van der Waals surface area contributed by atoms with Crippen LogP contribution >= 0.6 is 0 Å². The number of benzene rings is 1. The Labute approximate surface area is 290 Å². The number of aromatic nitrogens is 2. The van der Waals surface area contributed by atoms with E-state index in [1.807, 2.05) is 66.7 Å². The van der Waals surface area contributed by atoms with E-state index in [0.29, 0.717) is 36.0 Å². The van der Waals surface area contributed by atoms with Gasteiger partial charge in [-0.1, -0.05) is 45.4 Å². The number of likely N-dealkylation sites (N-methyl/N-ethyl adjacent to an activating group) is 1. The van der Waals surface area contributed by atoms with Gasteiger partial charge in [0, 0.05) is 73.0 Å². The summed E-state index contributed by atoms with van der Waals surface area (Å²) in [5, 5.41) is 6.06. The molecule has 0 saturated heterocycles. The lowest BCUT2D eigenvalue weighted by atomic mass is 10.0. The maximum absolute atomic E-state index is 13.0. The van der Waals surface area contributed by atoms with Gasteiger partial charge in [-0.05, 0) is 65.2 Å². The summed E-state index contributed by atoms with van der Waals surface area (Å²) in [6.07, 6.45) is 14.1. The van der Waals surface area contributed by atoms with Gasteiger partial charge in [0.05, 0.1) is 12.2 Å². The SMILES string of the molecule is C/C=C/C.CC.CCC[C@@H]1N=C(C)c2ccc(C(=O)NC/C=C/N3Cc4cnc(NC5=CN=C(C)CC5)nc4N(C)C3=O)cc2N(C)C1=O. The average molecular weight is 670 g/mol. The summed E-state index contributed by atoms with van der Waals surface area (Å²) in [6.45, 7) is 14.4. The van der Waals surface area contributed by atoms with Gasteiger partial charge in [0.15, 0.2) is 0 Å². The number of urea groups is 1. The van der Waals surface area contributed by atoms with Crippen LogP contribution < -0.4 is 20.4 Å². The summed E-state index contributed by atoms with van der Waals surface area (Å²) in [4.78, 5) is 61.6. The lowest BCUT2D eigenvalue weighted by molar-refractivity contribution is -0.119. The highest BCUT2D eigenvalue weighted by Gasteiger charge is 2.29. The Kier molecular flexibility index (Phi) is 14.4. The average Bonchev–Trinajstić information content (AvgIpc) is 3.20. The molecular weight excluding hydrogens is 618 g/mol. The van der Waals surface area contributed by atoms with Crippen LogP contribution in [0.5, 0.6) is 0 Å². The van der Waals surface area contributed by atoms with Crippen molar-refractivity contribution >= 4 is 46.7 Å². The van der Waals surface area contributed by atoms with Crippen LogP contribution in [0.1, 0.15) is 95.6 Å². The number of nitrogens with zero attached hydrogens (tertiary/aromatic N) is 7. The van der Waals surface area contributed by atoms with E-state index in [4.69, 9.17) is 0 Å². The van der Waals surface area contributed by atoms with Gasteiger partial charge in [0.25, 0.3) is 11.8 Å². The van der Waals surface area contributed by atoms with E-state index in [2.05, 4.69) is 30.6 Å². The molecule has 2 aromatic rings. The second-order valence-corrected chi connectivity index (χ2v) is 11.6. The maximum atomic E-state index is 13.0. The third-order valence-electron chi connectivity index (χ3n) is 8.04. The number of rotatable bonds is 8. The van der Waals surface area contributed by atoms with Crippen LogP contribution in [0.25, 0.3) is 0 Å². The first-order chi connectivity index (χ1) is 23.6. The highest BCUT2D eigenvalue weighted by Crippen LogP contribution is 2.29. The zero-order chi connectivity index (χ0) is 36.1. The second kappa shape index (κ2) is 18.4. The zero-order valence-corrected chi connectivity index (χ0v) is 30.4. The van der Waals surface area contributed by atoms with E-state index in [1.165, 1.54) is 4.90 Å². The van der Waals surface area contributed by atoms with Crippen molar-refractivity contribution in [1.29, 1.82) is 0 Å². The van der Waals surface area contributed by atoms with Crippen molar-refractivity contribution in [2.45, 2.75) is 86.7 Å². The quantitative estimate of drug-likeness (QED) is 0.295. The molecular formula is C37H51N9O3. The molecule has 12 nitrogen and oxygen atoms in total. The Morgan fingerprint density at radius 1 is 1.06 bits per heavy atom. The molecule has 262 valence electrons. The predicted molar refractivity (Wildman–Crippen MR) is 199 cm³/mol. The minimum absolute atomic E-state index is 0.0810. The van der Waals surface area contributed by atoms with Gasteiger partial charge in [-0.15, -0.1) is 0 Å². The van der Waals surface area contributed by atoms with Gasteiger partial charge in [-0.2, -0.15) is 4.98 Å². The van der Waals surface area contributed by atoms with Gasteiger partial charge >= 0.3 is 6.03 Å². The summed E-state index contributed by atoms with van der Waals surface area (Å²) >= 11 is 0. The third kappa shape index (κ3) is 9.71. The second-order valence-electron chi connectivity index (χ2n) is 11.6. The summed E-state index contributed by atoms with van der Waals surface area (Å²) in [7, 11) is 3.39. The van der Waals surface area contributed by atoms with E-state index in [9.17, 15) is 14.4 Å². The number of allylic oxidation sites excluding steroid dienone is 3. The summed E-state index contributed by atoms with van der Waals surface area (Å²) in [5.41, 5.74) is 5.52. The molecule has 4 heterocycles. The molecule has 0 aliphatic carbocycles. The molecule has 3 aliphatic heterocycles. The number of amides is 4. The lowest BCUT2D eigenvalue weighted by Crippen LogP contribution is -2.43. The number of benzodiazepines with no additional fused rings is 1. The molecule has 5 rings (SSSR count). The largest absolute Gasteiger partial charge is 0.349 e. The smallest absolute Gasteiger partial charge is 0.329 e. The van der Waals surface area contributed by atoms with Crippen molar-refractivity contribution in [2.24, 2.45) is 9.98 Å². The van der Waals surface area contributed by atoms with Crippen molar-refractivity contribution in [3.8, 4) is 0 Å². The molecule has 1 atom stereocenters. The van der Waals surface area contributed by atoms with Crippen molar-refractivity contribution in [1.82, 2.24) is 20.2 Å². The number of anilines is 3. The number of carbonyl (C=O) groups excluding carboxylic acids is 3. The highest BCUT2D eigenvalue weighted by molar-refractivity contribution is 6.12. The molecule has 1 aromatic heterocycles. The Hall–Kier alpha value is -5.13. The normalized spacial score (nSPS) is 17.1. The Morgan fingerprint density at radius 3 is 2.45 bits per heavy atom.